The maximum atomic E-state index is 12.2. The third kappa shape index (κ3) is 2.31. The van der Waals surface area contributed by atoms with Gasteiger partial charge >= 0.3 is 5.69 Å². The van der Waals surface area contributed by atoms with Crippen LogP contribution in [0, 0.1) is 6.92 Å². The van der Waals surface area contributed by atoms with E-state index in [1.807, 2.05) is 23.7 Å². The van der Waals surface area contributed by atoms with Crippen LogP contribution >= 0.6 is 11.3 Å². The van der Waals surface area contributed by atoms with E-state index < -0.39 is 0 Å². The van der Waals surface area contributed by atoms with Crippen molar-refractivity contribution in [1.82, 2.24) is 34.1 Å². The fourth-order valence-electron chi connectivity index (χ4n) is 3.64. The maximum Gasteiger partial charge on any atom is 0.345 e. The molecule has 1 atom stereocenters. The topological polar surface area (TPSA) is 83.4 Å². The Morgan fingerprint density at radius 2 is 2.19 bits per heavy atom. The summed E-state index contributed by atoms with van der Waals surface area (Å²) in [6, 6.07) is 6.14. The van der Waals surface area contributed by atoms with Crippen molar-refractivity contribution in [2.24, 2.45) is 7.05 Å². The van der Waals surface area contributed by atoms with Crippen molar-refractivity contribution < 1.29 is 0 Å². The first-order chi connectivity index (χ1) is 12.6. The number of fused-ring (bicyclic) bond motifs is 2. The lowest BCUT2D eigenvalue weighted by atomic mass is 9.98. The summed E-state index contributed by atoms with van der Waals surface area (Å²) in [7, 11) is 1.69. The molecular weight excluding hydrogens is 350 g/mol. The Kier molecular flexibility index (Phi) is 3.33. The van der Waals surface area contributed by atoms with E-state index in [-0.39, 0.29) is 11.6 Å². The molecule has 8 nitrogen and oxygen atoms in total. The molecule has 1 aromatic carbocycles. The molecule has 4 heterocycles. The number of rotatable bonds is 2. The minimum Gasteiger partial charge on any atom is -0.278 e. The van der Waals surface area contributed by atoms with Crippen LogP contribution in [-0.2, 0) is 20.0 Å². The van der Waals surface area contributed by atoms with Gasteiger partial charge in [0.25, 0.3) is 0 Å². The minimum absolute atomic E-state index is 0.0719. The smallest absolute Gasteiger partial charge is 0.278 e. The van der Waals surface area contributed by atoms with Gasteiger partial charge < -0.3 is 0 Å². The first kappa shape index (κ1) is 15.4. The Hall–Kier alpha value is -2.81. The molecule has 0 unspecified atom stereocenters. The second-order valence-corrected chi connectivity index (χ2v) is 7.82. The summed E-state index contributed by atoms with van der Waals surface area (Å²) < 4.78 is 6.17. The Bertz CT molecular complexity index is 1180. The van der Waals surface area contributed by atoms with Gasteiger partial charge in [0.2, 0.25) is 0 Å². The Morgan fingerprint density at radius 3 is 3.08 bits per heavy atom. The van der Waals surface area contributed by atoms with Gasteiger partial charge in [-0.25, -0.2) is 24.1 Å². The fraction of sp³-hybridized carbons (Fsp3) is 0.353. The molecule has 4 aromatic rings. The van der Waals surface area contributed by atoms with Crippen molar-refractivity contribution in [2.75, 3.05) is 0 Å². The molecule has 0 saturated carbocycles. The van der Waals surface area contributed by atoms with E-state index in [0.717, 1.165) is 45.4 Å². The van der Waals surface area contributed by atoms with Crippen molar-refractivity contribution >= 4 is 21.6 Å². The molecule has 1 aliphatic heterocycles. The number of thiazole rings is 1. The third-order valence-electron chi connectivity index (χ3n) is 4.87. The fourth-order valence-corrected chi connectivity index (χ4v) is 4.50. The zero-order valence-corrected chi connectivity index (χ0v) is 15.3. The molecule has 3 aromatic heterocycles. The number of benzene rings is 1. The van der Waals surface area contributed by atoms with Gasteiger partial charge in [-0.2, -0.15) is 10.2 Å². The SMILES string of the molecule is Cc1nc2ccc(-n3ncnc3[C@@H]3CCc4nn(C)c(=O)n4C3)cc2s1. The standard InChI is InChI=1S/C17H17N7OS/c1-10-20-13-5-4-12(7-14(13)26-10)24-16(18-9-19-24)11-3-6-15-21-22(2)17(25)23(15)8-11/h4-5,7,9,11H,3,6,8H2,1-2H3/t11-/m1/s1. The summed E-state index contributed by atoms with van der Waals surface area (Å²) in [5.74, 6) is 1.86. The summed E-state index contributed by atoms with van der Waals surface area (Å²) in [5.41, 5.74) is 1.90. The lowest BCUT2D eigenvalue weighted by molar-refractivity contribution is 0.426. The summed E-state index contributed by atoms with van der Waals surface area (Å²) in [6.07, 6.45) is 3.25. The number of nitrogens with zero attached hydrogens (tertiary/aromatic N) is 7. The number of aromatic nitrogens is 7. The largest absolute Gasteiger partial charge is 0.345 e. The van der Waals surface area contributed by atoms with Crippen molar-refractivity contribution in [2.45, 2.75) is 32.2 Å². The van der Waals surface area contributed by atoms with Gasteiger partial charge in [0.1, 0.15) is 18.0 Å². The molecule has 0 radical (unpaired) electrons. The van der Waals surface area contributed by atoms with Gasteiger partial charge in [-0.3, -0.25) is 4.57 Å². The van der Waals surface area contributed by atoms with Crippen LogP contribution in [0.2, 0.25) is 0 Å². The highest BCUT2D eigenvalue weighted by molar-refractivity contribution is 7.18. The van der Waals surface area contributed by atoms with Crippen LogP contribution in [-0.4, -0.2) is 34.1 Å². The molecule has 1 aliphatic rings. The van der Waals surface area contributed by atoms with Crippen LogP contribution in [0.25, 0.3) is 15.9 Å². The molecule has 0 fully saturated rings. The van der Waals surface area contributed by atoms with E-state index in [9.17, 15) is 4.79 Å². The van der Waals surface area contributed by atoms with E-state index in [2.05, 4.69) is 26.2 Å². The van der Waals surface area contributed by atoms with E-state index in [4.69, 9.17) is 0 Å². The van der Waals surface area contributed by atoms with E-state index in [1.54, 1.807) is 29.3 Å². The van der Waals surface area contributed by atoms with E-state index in [1.165, 1.54) is 4.68 Å². The normalized spacial score (nSPS) is 16.9. The first-order valence-corrected chi connectivity index (χ1v) is 9.32. The van der Waals surface area contributed by atoms with Crippen LogP contribution in [0.1, 0.15) is 29.0 Å². The van der Waals surface area contributed by atoms with Crippen LogP contribution in [0.15, 0.2) is 29.3 Å². The Balaban J connectivity index is 1.54. The van der Waals surface area contributed by atoms with E-state index >= 15 is 0 Å². The van der Waals surface area contributed by atoms with Crippen molar-refractivity contribution in [3.63, 3.8) is 0 Å². The van der Waals surface area contributed by atoms with Crippen molar-refractivity contribution in [3.05, 3.63) is 51.7 Å². The summed E-state index contributed by atoms with van der Waals surface area (Å²) >= 11 is 1.67. The molecule has 5 rings (SSSR count). The minimum atomic E-state index is -0.0719. The molecule has 9 heteroatoms. The lowest BCUT2D eigenvalue weighted by Crippen LogP contribution is -2.30. The molecule has 0 aliphatic carbocycles. The average molecular weight is 367 g/mol. The van der Waals surface area contributed by atoms with E-state index in [0.29, 0.717) is 6.54 Å². The Morgan fingerprint density at radius 1 is 1.31 bits per heavy atom. The molecule has 0 spiro atoms. The molecule has 0 bridgehead atoms. The maximum absolute atomic E-state index is 12.2. The summed E-state index contributed by atoms with van der Waals surface area (Å²) in [5, 5.41) is 9.79. The van der Waals surface area contributed by atoms with Crippen molar-refractivity contribution in [3.8, 4) is 5.69 Å². The lowest BCUT2D eigenvalue weighted by Gasteiger charge is -2.22. The monoisotopic (exact) mass is 367 g/mol. The zero-order chi connectivity index (χ0) is 17.8. The number of hydrogen-bond acceptors (Lipinski definition) is 6. The molecule has 132 valence electrons. The average Bonchev–Trinajstić information content (AvgIpc) is 3.32. The van der Waals surface area contributed by atoms with Crippen LogP contribution in [0.3, 0.4) is 0 Å². The summed E-state index contributed by atoms with van der Waals surface area (Å²) in [6.45, 7) is 2.60. The van der Waals surface area contributed by atoms with Gasteiger partial charge in [-0.15, -0.1) is 11.3 Å². The molecule has 26 heavy (non-hydrogen) atoms. The van der Waals surface area contributed by atoms with Crippen LogP contribution < -0.4 is 5.69 Å². The molecular formula is C17H17N7OS. The van der Waals surface area contributed by atoms with Gasteiger partial charge in [0.15, 0.2) is 0 Å². The quantitative estimate of drug-likeness (QED) is 0.540. The number of aryl methyl sites for hydroxylation is 3. The Labute approximate surface area is 152 Å². The van der Waals surface area contributed by atoms with Gasteiger partial charge in [-0.05, 0) is 31.5 Å². The van der Waals surface area contributed by atoms with Gasteiger partial charge in [0, 0.05) is 25.9 Å². The van der Waals surface area contributed by atoms with Crippen LogP contribution in [0.4, 0.5) is 0 Å². The zero-order valence-electron chi connectivity index (χ0n) is 14.5. The second-order valence-electron chi connectivity index (χ2n) is 6.58. The second kappa shape index (κ2) is 5.60. The predicted octanol–water partition coefficient (Wildman–Crippen LogP) is 1.81. The van der Waals surface area contributed by atoms with Gasteiger partial charge in [0.05, 0.1) is 20.9 Å². The highest BCUT2D eigenvalue weighted by Crippen LogP contribution is 2.29. The third-order valence-corrected chi connectivity index (χ3v) is 5.80. The molecule has 0 N–H and O–H groups in total. The van der Waals surface area contributed by atoms with Gasteiger partial charge in [-0.1, -0.05) is 0 Å². The molecule has 0 amide bonds. The van der Waals surface area contributed by atoms with Crippen molar-refractivity contribution in [1.29, 1.82) is 0 Å². The molecule has 0 saturated heterocycles. The number of hydrogen-bond donors (Lipinski definition) is 0. The highest BCUT2D eigenvalue weighted by atomic mass is 32.1. The first-order valence-electron chi connectivity index (χ1n) is 8.50. The van der Waals surface area contributed by atoms with Crippen LogP contribution in [0.5, 0.6) is 0 Å². The predicted molar refractivity (Wildman–Crippen MR) is 97.8 cm³/mol. The summed E-state index contributed by atoms with van der Waals surface area (Å²) in [4.78, 5) is 21.3. The highest BCUT2D eigenvalue weighted by Gasteiger charge is 2.27.